The molecule has 0 heterocycles. The minimum Gasteiger partial charge on any atom is -0.357 e. The van der Waals surface area contributed by atoms with Crippen molar-refractivity contribution in [1.82, 2.24) is 15.4 Å². The maximum atomic E-state index is 11.0. The monoisotopic (exact) mass is 340 g/mol. The van der Waals surface area contributed by atoms with Crippen LogP contribution in [0, 0.1) is 13.8 Å². The van der Waals surface area contributed by atoms with E-state index in [1.807, 2.05) is 6.92 Å². The Morgan fingerprint density at radius 3 is 2.30 bits per heavy atom. The molecular formula is C16H28N4O2S. The van der Waals surface area contributed by atoms with Crippen LogP contribution in [-0.2, 0) is 16.4 Å². The predicted molar refractivity (Wildman–Crippen MR) is 96.4 cm³/mol. The van der Waals surface area contributed by atoms with Crippen LogP contribution in [0.5, 0.6) is 0 Å². The van der Waals surface area contributed by atoms with E-state index in [0.29, 0.717) is 19.0 Å². The fourth-order valence-corrected chi connectivity index (χ4v) is 2.74. The number of rotatable bonds is 8. The van der Waals surface area contributed by atoms with E-state index >= 15 is 0 Å². The van der Waals surface area contributed by atoms with Gasteiger partial charge in [-0.05, 0) is 32.8 Å². The minimum absolute atomic E-state index is 0.298. The van der Waals surface area contributed by atoms with Crippen molar-refractivity contribution in [1.29, 1.82) is 0 Å². The van der Waals surface area contributed by atoms with Gasteiger partial charge in [-0.1, -0.05) is 29.3 Å². The molecule has 0 saturated heterocycles. The number of nitrogens with zero attached hydrogens (tertiary/aromatic N) is 1. The number of aryl methyl sites for hydroxylation is 2. The summed E-state index contributed by atoms with van der Waals surface area (Å²) in [6.45, 7) is 8.42. The van der Waals surface area contributed by atoms with E-state index in [9.17, 15) is 8.42 Å². The molecule has 0 aliphatic rings. The Bertz CT molecular complexity index is 607. The number of hydrogen-bond donors (Lipinski definition) is 3. The highest BCUT2D eigenvalue weighted by Gasteiger charge is 2.01. The van der Waals surface area contributed by atoms with Gasteiger partial charge in [-0.25, -0.2) is 13.1 Å². The van der Waals surface area contributed by atoms with Gasteiger partial charge in [0, 0.05) is 19.6 Å². The first kappa shape index (κ1) is 19.4. The molecule has 0 unspecified atom stereocenters. The van der Waals surface area contributed by atoms with Crippen molar-refractivity contribution >= 4 is 16.0 Å². The molecule has 1 aromatic carbocycles. The highest BCUT2D eigenvalue weighted by Crippen LogP contribution is 2.08. The zero-order valence-electron chi connectivity index (χ0n) is 14.4. The van der Waals surface area contributed by atoms with Gasteiger partial charge in [0.1, 0.15) is 0 Å². The SMILES string of the molecule is CCNC(=NCCNS(C)(=O)=O)NCCc1cc(C)cc(C)c1. The topological polar surface area (TPSA) is 82.6 Å². The lowest BCUT2D eigenvalue weighted by atomic mass is 10.1. The third-order valence-corrected chi connectivity index (χ3v) is 3.81. The summed E-state index contributed by atoms with van der Waals surface area (Å²) in [6, 6.07) is 6.54. The number of benzene rings is 1. The van der Waals surface area contributed by atoms with E-state index in [0.717, 1.165) is 25.8 Å². The Morgan fingerprint density at radius 2 is 1.74 bits per heavy atom. The third kappa shape index (κ3) is 9.20. The van der Waals surface area contributed by atoms with Crippen LogP contribution in [0.3, 0.4) is 0 Å². The molecule has 0 aliphatic carbocycles. The van der Waals surface area contributed by atoms with Gasteiger partial charge in [0.05, 0.1) is 12.8 Å². The molecule has 0 saturated carbocycles. The summed E-state index contributed by atoms with van der Waals surface area (Å²) in [7, 11) is -3.16. The van der Waals surface area contributed by atoms with Crippen molar-refractivity contribution in [2.24, 2.45) is 4.99 Å². The van der Waals surface area contributed by atoms with Crippen molar-refractivity contribution < 1.29 is 8.42 Å². The van der Waals surface area contributed by atoms with Crippen molar-refractivity contribution in [3.8, 4) is 0 Å². The van der Waals surface area contributed by atoms with Gasteiger partial charge in [0.25, 0.3) is 0 Å². The predicted octanol–water partition coefficient (Wildman–Crippen LogP) is 0.950. The Morgan fingerprint density at radius 1 is 1.09 bits per heavy atom. The van der Waals surface area contributed by atoms with Crippen LogP contribution in [0.2, 0.25) is 0 Å². The molecule has 0 fully saturated rings. The van der Waals surface area contributed by atoms with E-state index in [-0.39, 0.29) is 0 Å². The number of sulfonamides is 1. The van der Waals surface area contributed by atoms with Gasteiger partial charge in [-0.2, -0.15) is 0 Å². The Labute approximate surface area is 139 Å². The summed E-state index contributed by atoms with van der Waals surface area (Å²) in [4.78, 5) is 4.35. The van der Waals surface area contributed by atoms with Crippen LogP contribution in [0.1, 0.15) is 23.6 Å². The second-order valence-corrected chi connectivity index (χ2v) is 7.43. The Balaban J connectivity index is 2.46. The summed E-state index contributed by atoms with van der Waals surface area (Å²) in [5.41, 5.74) is 3.84. The first-order valence-corrected chi connectivity index (χ1v) is 9.73. The first-order chi connectivity index (χ1) is 10.8. The molecule has 0 atom stereocenters. The van der Waals surface area contributed by atoms with Gasteiger partial charge in [-0.3, -0.25) is 4.99 Å². The van der Waals surface area contributed by atoms with E-state index in [2.05, 4.69) is 52.4 Å². The molecule has 1 rings (SSSR count). The minimum atomic E-state index is -3.16. The molecule has 0 bridgehead atoms. The average molecular weight is 340 g/mol. The number of hydrogen-bond acceptors (Lipinski definition) is 3. The van der Waals surface area contributed by atoms with E-state index < -0.39 is 10.0 Å². The molecule has 0 spiro atoms. The van der Waals surface area contributed by atoms with Gasteiger partial charge in [-0.15, -0.1) is 0 Å². The lowest BCUT2D eigenvalue weighted by Crippen LogP contribution is -2.39. The van der Waals surface area contributed by atoms with Crippen LogP contribution in [-0.4, -0.2) is 46.8 Å². The largest absolute Gasteiger partial charge is 0.357 e. The quantitative estimate of drug-likeness (QED) is 0.374. The highest BCUT2D eigenvalue weighted by molar-refractivity contribution is 7.88. The molecule has 130 valence electrons. The maximum Gasteiger partial charge on any atom is 0.208 e. The normalized spacial score (nSPS) is 12.3. The van der Waals surface area contributed by atoms with Crippen LogP contribution in [0.15, 0.2) is 23.2 Å². The summed E-state index contributed by atoms with van der Waals surface area (Å²) < 4.78 is 24.4. The molecule has 3 N–H and O–H groups in total. The van der Waals surface area contributed by atoms with Crippen molar-refractivity contribution in [2.45, 2.75) is 27.2 Å². The van der Waals surface area contributed by atoms with E-state index in [1.54, 1.807) is 0 Å². The maximum absolute atomic E-state index is 11.0. The molecule has 6 nitrogen and oxygen atoms in total. The lowest BCUT2D eigenvalue weighted by Gasteiger charge is -2.12. The third-order valence-electron chi connectivity index (χ3n) is 3.08. The Hall–Kier alpha value is -1.60. The van der Waals surface area contributed by atoms with Crippen molar-refractivity contribution in [3.05, 3.63) is 34.9 Å². The molecule has 23 heavy (non-hydrogen) atoms. The first-order valence-electron chi connectivity index (χ1n) is 7.84. The standard InChI is InChI=1S/C16H28N4O2S/c1-5-17-16(19-8-9-20-23(4,21)22)18-7-6-15-11-13(2)10-14(3)12-15/h10-12,20H,5-9H2,1-4H3,(H2,17,18,19). The molecule has 0 aromatic heterocycles. The summed E-state index contributed by atoms with van der Waals surface area (Å²) in [5, 5.41) is 6.42. The zero-order chi connectivity index (χ0) is 17.3. The fraction of sp³-hybridized carbons (Fsp3) is 0.562. The molecule has 7 heteroatoms. The molecule has 0 amide bonds. The molecule has 1 aromatic rings. The van der Waals surface area contributed by atoms with E-state index in [1.165, 1.54) is 16.7 Å². The van der Waals surface area contributed by atoms with Gasteiger partial charge in [0.2, 0.25) is 10.0 Å². The van der Waals surface area contributed by atoms with Crippen LogP contribution in [0.4, 0.5) is 0 Å². The number of nitrogens with one attached hydrogen (secondary N) is 3. The van der Waals surface area contributed by atoms with Crippen molar-refractivity contribution in [2.75, 3.05) is 32.4 Å². The van der Waals surface area contributed by atoms with Gasteiger partial charge < -0.3 is 10.6 Å². The van der Waals surface area contributed by atoms with Crippen molar-refractivity contribution in [3.63, 3.8) is 0 Å². The second-order valence-electron chi connectivity index (χ2n) is 5.60. The van der Waals surface area contributed by atoms with E-state index in [4.69, 9.17) is 0 Å². The second kappa shape index (κ2) is 9.52. The van der Waals surface area contributed by atoms with Crippen LogP contribution < -0.4 is 15.4 Å². The van der Waals surface area contributed by atoms with Crippen LogP contribution >= 0.6 is 0 Å². The van der Waals surface area contributed by atoms with Gasteiger partial charge >= 0.3 is 0 Å². The van der Waals surface area contributed by atoms with Crippen LogP contribution in [0.25, 0.3) is 0 Å². The molecular weight excluding hydrogens is 312 g/mol. The highest BCUT2D eigenvalue weighted by atomic mass is 32.2. The summed E-state index contributed by atoms with van der Waals surface area (Å²) in [5.74, 6) is 0.701. The molecule has 0 aliphatic heterocycles. The summed E-state index contributed by atoms with van der Waals surface area (Å²) in [6.07, 6.45) is 2.05. The summed E-state index contributed by atoms with van der Waals surface area (Å²) >= 11 is 0. The lowest BCUT2D eigenvalue weighted by molar-refractivity contribution is 0.588. The smallest absolute Gasteiger partial charge is 0.208 e. The zero-order valence-corrected chi connectivity index (χ0v) is 15.3. The van der Waals surface area contributed by atoms with Gasteiger partial charge in [0.15, 0.2) is 5.96 Å². The number of guanidine groups is 1. The average Bonchev–Trinajstić information content (AvgIpc) is 2.41. The Kier molecular flexibility index (Phi) is 8.05. The fourth-order valence-electron chi connectivity index (χ4n) is 2.28. The number of aliphatic imine (C=N–C) groups is 1. The molecule has 0 radical (unpaired) electrons.